The molecule has 0 aromatic heterocycles. The van der Waals surface area contributed by atoms with Gasteiger partial charge in [-0.05, 0) is 43.0 Å². The molecular formula is C15H23NO2S. The summed E-state index contributed by atoms with van der Waals surface area (Å²) in [5, 5.41) is 0.374. The van der Waals surface area contributed by atoms with E-state index < -0.39 is 10.8 Å². The Labute approximate surface area is 118 Å². The van der Waals surface area contributed by atoms with Crippen molar-refractivity contribution in [3.8, 4) is 5.75 Å². The van der Waals surface area contributed by atoms with Gasteiger partial charge in [0.1, 0.15) is 5.75 Å². The molecule has 3 atom stereocenters. The van der Waals surface area contributed by atoms with E-state index in [0.29, 0.717) is 17.6 Å². The van der Waals surface area contributed by atoms with Gasteiger partial charge in [-0.1, -0.05) is 19.8 Å². The number of nitrogen functional groups attached to an aromatic ring is 1. The van der Waals surface area contributed by atoms with Gasteiger partial charge in [-0.15, -0.1) is 0 Å². The minimum Gasteiger partial charge on any atom is -0.493 e. The van der Waals surface area contributed by atoms with Gasteiger partial charge in [-0.2, -0.15) is 0 Å². The molecular weight excluding hydrogens is 258 g/mol. The molecule has 1 aromatic rings. The Morgan fingerprint density at radius 3 is 2.74 bits per heavy atom. The van der Waals surface area contributed by atoms with E-state index in [1.807, 2.05) is 24.3 Å². The van der Waals surface area contributed by atoms with E-state index in [-0.39, 0.29) is 0 Å². The minimum atomic E-state index is -0.755. The summed E-state index contributed by atoms with van der Waals surface area (Å²) < 4.78 is 17.8. The van der Waals surface area contributed by atoms with Crippen molar-refractivity contribution in [1.29, 1.82) is 0 Å². The second-order valence-electron chi connectivity index (χ2n) is 5.40. The third-order valence-electron chi connectivity index (χ3n) is 3.69. The fourth-order valence-electron chi connectivity index (χ4n) is 2.59. The van der Waals surface area contributed by atoms with Crippen molar-refractivity contribution >= 4 is 16.5 Å². The van der Waals surface area contributed by atoms with E-state index in [0.717, 1.165) is 30.2 Å². The first-order chi connectivity index (χ1) is 9.15. The highest BCUT2D eigenvalue weighted by Gasteiger charge is 2.23. The van der Waals surface area contributed by atoms with Crippen molar-refractivity contribution in [2.45, 2.75) is 37.9 Å². The van der Waals surface area contributed by atoms with Gasteiger partial charge < -0.3 is 10.5 Å². The topological polar surface area (TPSA) is 52.3 Å². The minimum absolute atomic E-state index is 0.374. The van der Waals surface area contributed by atoms with E-state index >= 15 is 0 Å². The predicted octanol–water partition coefficient (Wildman–Crippen LogP) is 2.98. The summed E-state index contributed by atoms with van der Waals surface area (Å²) in [5.74, 6) is 2.14. The van der Waals surface area contributed by atoms with Gasteiger partial charge in [0.05, 0.1) is 12.4 Å². The first-order valence-electron chi connectivity index (χ1n) is 7.00. The zero-order valence-electron chi connectivity index (χ0n) is 11.5. The number of ether oxygens (including phenoxy) is 1. The fraction of sp³-hybridized carbons (Fsp3) is 0.600. The standard InChI is InChI=1S/C15H23NO2S/c1-12-3-2-4-15(11-12)19(17)10-9-18-14-7-5-13(16)6-8-14/h5-8,12,15H,2-4,9-11,16H2,1H3. The van der Waals surface area contributed by atoms with Gasteiger partial charge in [0.2, 0.25) is 0 Å². The molecule has 0 saturated heterocycles. The van der Waals surface area contributed by atoms with Crippen LogP contribution in [0.25, 0.3) is 0 Å². The maximum atomic E-state index is 12.2. The first-order valence-corrected chi connectivity index (χ1v) is 8.39. The van der Waals surface area contributed by atoms with Crippen LogP contribution in [0.2, 0.25) is 0 Å². The summed E-state index contributed by atoms with van der Waals surface area (Å²) in [6.07, 6.45) is 4.72. The maximum absolute atomic E-state index is 12.2. The predicted molar refractivity (Wildman–Crippen MR) is 80.8 cm³/mol. The van der Waals surface area contributed by atoms with Crippen molar-refractivity contribution in [3.05, 3.63) is 24.3 Å². The quantitative estimate of drug-likeness (QED) is 0.844. The number of hydrogen-bond donors (Lipinski definition) is 1. The van der Waals surface area contributed by atoms with Crippen LogP contribution in [-0.2, 0) is 10.8 Å². The van der Waals surface area contributed by atoms with Crippen LogP contribution in [0.3, 0.4) is 0 Å². The molecule has 1 aliphatic rings. The molecule has 1 aromatic carbocycles. The molecule has 0 aliphatic heterocycles. The highest BCUT2D eigenvalue weighted by atomic mass is 32.2. The summed E-state index contributed by atoms with van der Waals surface area (Å²) in [6.45, 7) is 2.77. The van der Waals surface area contributed by atoms with Crippen LogP contribution in [0, 0.1) is 5.92 Å². The number of rotatable bonds is 5. The highest BCUT2D eigenvalue weighted by molar-refractivity contribution is 7.85. The fourth-order valence-corrected chi connectivity index (χ4v) is 4.14. The van der Waals surface area contributed by atoms with Crippen LogP contribution < -0.4 is 10.5 Å². The van der Waals surface area contributed by atoms with Crippen LogP contribution in [0.1, 0.15) is 32.6 Å². The Bertz CT molecular complexity index is 419. The number of nitrogens with two attached hydrogens (primary N) is 1. The molecule has 2 N–H and O–H groups in total. The summed E-state index contributed by atoms with van der Waals surface area (Å²) >= 11 is 0. The highest BCUT2D eigenvalue weighted by Crippen LogP contribution is 2.27. The van der Waals surface area contributed by atoms with E-state index in [9.17, 15) is 4.21 Å². The smallest absolute Gasteiger partial charge is 0.119 e. The zero-order chi connectivity index (χ0) is 13.7. The van der Waals surface area contributed by atoms with Crippen LogP contribution in [0.5, 0.6) is 5.75 Å². The SMILES string of the molecule is CC1CCCC(S(=O)CCOc2ccc(N)cc2)C1. The van der Waals surface area contributed by atoms with E-state index in [4.69, 9.17) is 10.5 Å². The molecule has 2 rings (SSSR count). The molecule has 3 unspecified atom stereocenters. The molecule has 4 heteroatoms. The van der Waals surface area contributed by atoms with Crippen LogP contribution in [0.15, 0.2) is 24.3 Å². The molecule has 3 nitrogen and oxygen atoms in total. The average Bonchev–Trinajstić information content (AvgIpc) is 2.41. The molecule has 0 radical (unpaired) electrons. The molecule has 0 spiro atoms. The number of anilines is 1. The maximum Gasteiger partial charge on any atom is 0.119 e. The lowest BCUT2D eigenvalue weighted by molar-refractivity contribution is 0.340. The van der Waals surface area contributed by atoms with Crippen molar-refractivity contribution < 1.29 is 8.95 Å². The molecule has 0 bridgehead atoms. The largest absolute Gasteiger partial charge is 0.493 e. The summed E-state index contributed by atoms with van der Waals surface area (Å²) in [5.41, 5.74) is 6.34. The van der Waals surface area contributed by atoms with Crippen LogP contribution in [-0.4, -0.2) is 21.8 Å². The van der Waals surface area contributed by atoms with Crippen molar-refractivity contribution in [1.82, 2.24) is 0 Å². The second kappa shape index (κ2) is 6.94. The molecule has 0 amide bonds. The molecule has 0 heterocycles. The Hall–Kier alpha value is -1.03. The lowest BCUT2D eigenvalue weighted by Crippen LogP contribution is -2.26. The Morgan fingerprint density at radius 1 is 1.32 bits per heavy atom. The number of benzene rings is 1. The monoisotopic (exact) mass is 281 g/mol. The van der Waals surface area contributed by atoms with Gasteiger partial charge in [0.25, 0.3) is 0 Å². The zero-order valence-corrected chi connectivity index (χ0v) is 12.3. The summed E-state index contributed by atoms with van der Waals surface area (Å²) in [7, 11) is -0.755. The van der Waals surface area contributed by atoms with Crippen LogP contribution in [0.4, 0.5) is 5.69 Å². The first kappa shape index (κ1) is 14.4. The Kier molecular flexibility index (Phi) is 5.25. The van der Waals surface area contributed by atoms with Gasteiger partial charge in [0, 0.05) is 21.7 Å². The average molecular weight is 281 g/mol. The summed E-state index contributed by atoms with van der Waals surface area (Å²) in [6, 6.07) is 7.33. The molecule has 1 saturated carbocycles. The van der Waals surface area contributed by atoms with E-state index in [2.05, 4.69) is 6.92 Å². The third-order valence-corrected chi connectivity index (χ3v) is 5.43. The van der Waals surface area contributed by atoms with E-state index in [1.165, 1.54) is 12.8 Å². The number of hydrogen-bond acceptors (Lipinski definition) is 3. The van der Waals surface area contributed by atoms with Crippen molar-refractivity contribution in [2.24, 2.45) is 5.92 Å². The van der Waals surface area contributed by atoms with Gasteiger partial charge in [-0.25, -0.2) is 0 Å². The third kappa shape index (κ3) is 4.53. The molecule has 19 heavy (non-hydrogen) atoms. The Balaban J connectivity index is 1.73. The lowest BCUT2D eigenvalue weighted by atomic mass is 9.91. The van der Waals surface area contributed by atoms with Gasteiger partial charge >= 0.3 is 0 Å². The van der Waals surface area contributed by atoms with E-state index in [1.54, 1.807) is 0 Å². The van der Waals surface area contributed by atoms with Crippen molar-refractivity contribution in [2.75, 3.05) is 18.1 Å². The summed E-state index contributed by atoms with van der Waals surface area (Å²) in [4.78, 5) is 0. The van der Waals surface area contributed by atoms with Gasteiger partial charge in [0.15, 0.2) is 0 Å². The molecule has 1 fully saturated rings. The molecule has 1 aliphatic carbocycles. The molecule has 106 valence electrons. The van der Waals surface area contributed by atoms with Crippen molar-refractivity contribution in [3.63, 3.8) is 0 Å². The Morgan fingerprint density at radius 2 is 2.05 bits per heavy atom. The second-order valence-corrected chi connectivity index (χ2v) is 7.23. The lowest BCUT2D eigenvalue weighted by Gasteiger charge is -2.25. The van der Waals surface area contributed by atoms with Gasteiger partial charge in [-0.3, -0.25) is 4.21 Å². The van der Waals surface area contributed by atoms with Crippen LogP contribution >= 0.6 is 0 Å². The normalized spacial score (nSPS) is 24.9.